The van der Waals surface area contributed by atoms with E-state index in [1.807, 2.05) is 13.8 Å². The maximum atomic E-state index is 12.0. The number of amides is 1. The minimum atomic E-state index is -0.882. The average molecular weight is 258 g/mol. The number of carboxylic acid groups (broad SMARTS) is 1. The summed E-state index contributed by atoms with van der Waals surface area (Å²) in [5.41, 5.74) is 0. The van der Waals surface area contributed by atoms with Gasteiger partial charge in [-0.1, -0.05) is 13.8 Å². The highest BCUT2D eigenvalue weighted by molar-refractivity contribution is 5.83. The smallest absolute Gasteiger partial charge is 0.320 e. The maximum Gasteiger partial charge on any atom is 0.320 e. The fourth-order valence-electron chi connectivity index (χ4n) is 2.13. The van der Waals surface area contributed by atoms with Crippen molar-refractivity contribution in [1.82, 2.24) is 10.2 Å². The van der Waals surface area contributed by atoms with Crippen LogP contribution in [-0.4, -0.2) is 60.3 Å². The maximum absolute atomic E-state index is 12.0. The third-order valence-corrected chi connectivity index (χ3v) is 3.09. The molecule has 0 radical (unpaired) electrons. The summed E-state index contributed by atoms with van der Waals surface area (Å²) >= 11 is 0. The van der Waals surface area contributed by atoms with Crippen molar-refractivity contribution in [3.8, 4) is 0 Å². The van der Waals surface area contributed by atoms with Crippen LogP contribution in [0.15, 0.2) is 0 Å². The lowest BCUT2D eigenvalue weighted by atomic mass is 10.1. The van der Waals surface area contributed by atoms with Gasteiger partial charge in [-0.2, -0.15) is 0 Å². The van der Waals surface area contributed by atoms with Gasteiger partial charge in [-0.25, -0.2) is 0 Å². The van der Waals surface area contributed by atoms with E-state index in [9.17, 15) is 14.7 Å². The second-order valence-corrected chi connectivity index (χ2v) is 4.38. The molecule has 18 heavy (non-hydrogen) atoms. The van der Waals surface area contributed by atoms with Crippen LogP contribution in [0.4, 0.5) is 0 Å². The molecule has 0 aliphatic carbocycles. The Kier molecular flexibility index (Phi) is 6.07. The fourth-order valence-corrected chi connectivity index (χ4v) is 2.13. The molecule has 1 saturated heterocycles. The molecule has 1 rings (SSSR count). The first-order valence-corrected chi connectivity index (χ1v) is 6.45. The fraction of sp³-hybridized carbons (Fsp3) is 0.833. The lowest BCUT2D eigenvalue weighted by Gasteiger charge is -2.37. The summed E-state index contributed by atoms with van der Waals surface area (Å²) in [6.07, 6.45) is 1.34. The standard InChI is InChI=1S/C12H22N2O4/c1-3-5-13-11(15)10-8-18-7-6-14(10)9(4-2)12(16)17/h9-10H,3-8H2,1-2H3,(H,13,15)(H,16,17). The molecule has 1 heterocycles. The summed E-state index contributed by atoms with van der Waals surface area (Å²) in [5, 5.41) is 12.0. The highest BCUT2D eigenvalue weighted by Gasteiger charge is 2.36. The predicted molar refractivity (Wildman–Crippen MR) is 66.3 cm³/mol. The predicted octanol–water partition coefficient (Wildman–Crippen LogP) is 0.0766. The quantitative estimate of drug-likeness (QED) is 0.705. The monoisotopic (exact) mass is 258 g/mol. The largest absolute Gasteiger partial charge is 0.480 e. The van der Waals surface area contributed by atoms with Crippen molar-refractivity contribution in [2.24, 2.45) is 0 Å². The van der Waals surface area contributed by atoms with Crippen LogP contribution >= 0.6 is 0 Å². The normalized spacial score (nSPS) is 22.4. The second-order valence-electron chi connectivity index (χ2n) is 4.38. The molecular formula is C12H22N2O4. The van der Waals surface area contributed by atoms with E-state index in [0.29, 0.717) is 26.1 Å². The molecule has 1 amide bonds. The van der Waals surface area contributed by atoms with Crippen LogP contribution < -0.4 is 5.32 Å². The van der Waals surface area contributed by atoms with E-state index in [1.54, 1.807) is 4.90 Å². The Hall–Kier alpha value is -1.14. The summed E-state index contributed by atoms with van der Waals surface area (Å²) in [7, 11) is 0. The zero-order valence-corrected chi connectivity index (χ0v) is 11.0. The highest BCUT2D eigenvalue weighted by atomic mass is 16.5. The number of nitrogens with one attached hydrogen (secondary N) is 1. The highest BCUT2D eigenvalue weighted by Crippen LogP contribution is 2.14. The Morgan fingerprint density at radius 2 is 2.22 bits per heavy atom. The SMILES string of the molecule is CCCNC(=O)C1COCCN1C(CC)C(=O)O. The van der Waals surface area contributed by atoms with Crippen molar-refractivity contribution in [2.75, 3.05) is 26.3 Å². The Morgan fingerprint density at radius 1 is 1.50 bits per heavy atom. The van der Waals surface area contributed by atoms with Gasteiger partial charge in [0.1, 0.15) is 12.1 Å². The molecule has 6 nitrogen and oxygen atoms in total. The van der Waals surface area contributed by atoms with Crippen LogP contribution in [0.3, 0.4) is 0 Å². The number of nitrogens with zero attached hydrogens (tertiary/aromatic N) is 1. The molecule has 0 aromatic carbocycles. The van der Waals surface area contributed by atoms with Crippen molar-refractivity contribution >= 4 is 11.9 Å². The van der Waals surface area contributed by atoms with Crippen LogP contribution in [0.5, 0.6) is 0 Å². The van der Waals surface area contributed by atoms with Gasteiger partial charge >= 0.3 is 5.97 Å². The Labute approximate surface area is 107 Å². The van der Waals surface area contributed by atoms with Gasteiger partial charge in [0.2, 0.25) is 5.91 Å². The van der Waals surface area contributed by atoms with Crippen LogP contribution in [0.1, 0.15) is 26.7 Å². The van der Waals surface area contributed by atoms with Crippen LogP contribution in [-0.2, 0) is 14.3 Å². The number of carbonyl (C=O) groups excluding carboxylic acids is 1. The molecule has 1 aliphatic heterocycles. The molecule has 0 spiro atoms. The number of carbonyl (C=O) groups is 2. The number of aliphatic carboxylic acids is 1. The van der Waals surface area contributed by atoms with E-state index >= 15 is 0 Å². The molecule has 0 bridgehead atoms. The molecule has 0 aromatic rings. The van der Waals surface area contributed by atoms with Gasteiger partial charge in [-0.05, 0) is 12.8 Å². The van der Waals surface area contributed by atoms with Crippen molar-refractivity contribution in [3.63, 3.8) is 0 Å². The van der Waals surface area contributed by atoms with Crippen LogP contribution in [0.2, 0.25) is 0 Å². The summed E-state index contributed by atoms with van der Waals surface area (Å²) in [6, 6.07) is -1.11. The number of carboxylic acids is 1. The minimum Gasteiger partial charge on any atom is -0.480 e. The number of rotatable bonds is 6. The number of ether oxygens (including phenoxy) is 1. The van der Waals surface area contributed by atoms with Crippen LogP contribution in [0, 0.1) is 0 Å². The van der Waals surface area contributed by atoms with Crippen molar-refractivity contribution in [3.05, 3.63) is 0 Å². The molecule has 0 aromatic heterocycles. The molecular weight excluding hydrogens is 236 g/mol. The van der Waals surface area contributed by atoms with Crippen molar-refractivity contribution in [2.45, 2.75) is 38.8 Å². The van der Waals surface area contributed by atoms with Crippen LogP contribution in [0.25, 0.3) is 0 Å². The molecule has 6 heteroatoms. The average Bonchev–Trinajstić information content (AvgIpc) is 2.37. The summed E-state index contributed by atoms with van der Waals surface area (Å²) in [6.45, 7) is 5.61. The topological polar surface area (TPSA) is 78.9 Å². The van der Waals surface area contributed by atoms with Gasteiger partial charge in [-0.3, -0.25) is 14.5 Å². The summed E-state index contributed by atoms with van der Waals surface area (Å²) < 4.78 is 5.29. The lowest BCUT2D eigenvalue weighted by Crippen LogP contribution is -2.59. The molecule has 1 aliphatic rings. The van der Waals surface area contributed by atoms with E-state index in [2.05, 4.69) is 5.32 Å². The van der Waals surface area contributed by atoms with E-state index < -0.39 is 18.1 Å². The van der Waals surface area contributed by atoms with Gasteiger partial charge in [-0.15, -0.1) is 0 Å². The van der Waals surface area contributed by atoms with Gasteiger partial charge in [0, 0.05) is 13.1 Å². The van der Waals surface area contributed by atoms with Gasteiger partial charge < -0.3 is 15.2 Å². The Morgan fingerprint density at radius 3 is 2.78 bits per heavy atom. The molecule has 2 atom stereocenters. The summed E-state index contributed by atoms with van der Waals surface area (Å²) in [5.74, 6) is -1.02. The molecule has 1 fully saturated rings. The van der Waals surface area contributed by atoms with Gasteiger partial charge in [0.15, 0.2) is 0 Å². The number of hydrogen-bond donors (Lipinski definition) is 2. The number of morpholine rings is 1. The second kappa shape index (κ2) is 7.33. The minimum absolute atomic E-state index is 0.142. The zero-order chi connectivity index (χ0) is 13.5. The van der Waals surface area contributed by atoms with Crippen molar-refractivity contribution in [1.29, 1.82) is 0 Å². The first-order chi connectivity index (χ1) is 8.61. The molecule has 0 saturated carbocycles. The lowest BCUT2D eigenvalue weighted by molar-refractivity contribution is -0.150. The third kappa shape index (κ3) is 3.68. The van der Waals surface area contributed by atoms with Gasteiger partial charge in [0.25, 0.3) is 0 Å². The third-order valence-electron chi connectivity index (χ3n) is 3.09. The van der Waals surface area contributed by atoms with E-state index in [1.165, 1.54) is 0 Å². The van der Waals surface area contributed by atoms with Crippen molar-refractivity contribution < 1.29 is 19.4 Å². The summed E-state index contributed by atoms with van der Waals surface area (Å²) in [4.78, 5) is 24.9. The van der Waals surface area contributed by atoms with E-state index in [-0.39, 0.29) is 12.5 Å². The first-order valence-electron chi connectivity index (χ1n) is 6.45. The Bertz CT molecular complexity index is 296. The molecule has 104 valence electrons. The zero-order valence-electron chi connectivity index (χ0n) is 11.0. The number of hydrogen-bond acceptors (Lipinski definition) is 4. The first kappa shape index (κ1) is 14.9. The molecule has 2 N–H and O–H groups in total. The van der Waals surface area contributed by atoms with Gasteiger partial charge in [0.05, 0.1) is 13.2 Å². The van der Waals surface area contributed by atoms with E-state index in [4.69, 9.17) is 4.74 Å². The van der Waals surface area contributed by atoms with E-state index in [0.717, 1.165) is 6.42 Å². The Balaban J connectivity index is 2.72. The molecule has 2 unspecified atom stereocenters.